The third kappa shape index (κ3) is 2.73. The van der Waals surface area contributed by atoms with E-state index in [1.807, 2.05) is 19.1 Å². The minimum absolute atomic E-state index is 0.0165. The third-order valence-corrected chi connectivity index (χ3v) is 4.99. The normalized spacial score (nSPS) is 15.5. The van der Waals surface area contributed by atoms with Crippen LogP contribution in [0, 0.1) is 6.92 Å². The smallest absolute Gasteiger partial charge is 0.343 e. The van der Waals surface area contributed by atoms with Gasteiger partial charge >= 0.3 is 5.69 Å². The molecule has 1 aliphatic rings. The maximum Gasteiger partial charge on any atom is 0.343 e. The first kappa shape index (κ1) is 16.3. The van der Waals surface area contributed by atoms with Crippen LogP contribution in [0.1, 0.15) is 34.8 Å². The van der Waals surface area contributed by atoms with E-state index in [1.165, 1.54) is 12.5 Å². The second-order valence-electron chi connectivity index (χ2n) is 6.67. The molecule has 3 heterocycles. The van der Waals surface area contributed by atoms with Crippen molar-refractivity contribution >= 4 is 16.8 Å². The van der Waals surface area contributed by atoms with Crippen molar-refractivity contribution in [3.63, 3.8) is 0 Å². The van der Waals surface area contributed by atoms with Crippen LogP contribution in [0.5, 0.6) is 0 Å². The molecule has 0 unspecified atom stereocenters. The molecule has 0 atom stereocenters. The minimum Gasteiger partial charge on any atom is -0.360 e. The zero-order valence-corrected chi connectivity index (χ0v) is 14.4. The Labute approximate surface area is 148 Å². The summed E-state index contributed by atoms with van der Waals surface area (Å²) < 4.78 is 1.56. The summed E-state index contributed by atoms with van der Waals surface area (Å²) in [5.74, 6) is -0.271. The van der Waals surface area contributed by atoms with Crippen LogP contribution in [-0.2, 0) is 0 Å². The minimum atomic E-state index is -0.271. The standard InChI is InChI=1S/C18H19N5O3/c1-11-2-3-15-13(8-11)16(24)14(9-19-15)17(25)22-6-4-12(5-7-22)23-10-20-21-18(23)26/h2-3,8-10,12H,4-7H2,1H3,(H,19,24)(H,21,26). The summed E-state index contributed by atoms with van der Waals surface area (Å²) in [6, 6.07) is 5.57. The maximum atomic E-state index is 12.8. The molecule has 0 radical (unpaired) electrons. The number of fused-ring (bicyclic) bond motifs is 1. The summed E-state index contributed by atoms with van der Waals surface area (Å²) in [5.41, 5.74) is 1.35. The predicted octanol–water partition coefficient (Wildman–Crippen LogP) is 1.20. The fraction of sp³-hybridized carbons (Fsp3) is 0.333. The Hall–Kier alpha value is -3.16. The summed E-state index contributed by atoms with van der Waals surface area (Å²) in [5, 5.41) is 6.66. The van der Waals surface area contributed by atoms with Crippen LogP contribution in [0.2, 0.25) is 0 Å². The van der Waals surface area contributed by atoms with Crippen LogP contribution in [0.4, 0.5) is 0 Å². The first-order chi connectivity index (χ1) is 12.5. The number of aromatic nitrogens is 4. The van der Waals surface area contributed by atoms with Crippen LogP contribution in [0.3, 0.4) is 0 Å². The molecule has 1 saturated heterocycles. The van der Waals surface area contributed by atoms with Crippen molar-refractivity contribution in [2.24, 2.45) is 0 Å². The highest BCUT2D eigenvalue weighted by molar-refractivity contribution is 5.97. The molecule has 0 saturated carbocycles. The van der Waals surface area contributed by atoms with Gasteiger partial charge in [0.2, 0.25) is 5.43 Å². The number of benzene rings is 1. The fourth-order valence-corrected chi connectivity index (χ4v) is 3.53. The Bertz CT molecular complexity index is 1090. The summed E-state index contributed by atoms with van der Waals surface area (Å²) >= 11 is 0. The van der Waals surface area contributed by atoms with Gasteiger partial charge in [-0.25, -0.2) is 9.89 Å². The van der Waals surface area contributed by atoms with E-state index in [2.05, 4.69) is 15.2 Å². The maximum absolute atomic E-state index is 12.8. The van der Waals surface area contributed by atoms with Gasteiger partial charge in [-0.1, -0.05) is 11.6 Å². The summed E-state index contributed by atoms with van der Waals surface area (Å²) in [6.45, 7) is 2.90. The summed E-state index contributed by atoms with van der Waals surface area (Å²) in [7, 11) is 0. The Balaban J connectivity index is 1.56. The number of carbonyl (C=O) groups excluding carboxylic acids is 1. The number of nitrogens with zero attached hydrogens (tertiary/aromatic N) is 3. The van der Waals surface area contributed by atoms with E-state index in [1.54, 1.807) is 15.5 Å². The molecule has 0 aliphatic carbocycles. The lowest BCUT2D eigenvalue weighted by Gasteiger charge is -2.31. The summed E-state index contributed by atoms with van der Waals surface area (Å²) in [4.78, 5) is 41.9. The molecular weight excluding hydrogens is 334 g/mol. The number of nitrogens with one attached hydrogen (secondary N) is 2. The predicted molar refractivity (Wildman–Crippen MR) is 96.3 cm³/mol. The molecule has 1 aromatic carbocycles. The Morgan fingerprint density at radius 2 is 2.00 bits per heavy atom. The van der Waals surface area contributed by atoms with Crippen molar-refractivity contribution in [2.45, 2.75) is 25.8 Å². The molecular formula is C18H19N5O3. The van der Waals surface area contributed by atoms with Crippen LogP contribution in [-0.4, -0.2) is 43.6 Å². The number of likely N-dealkylation sites (tertiary alicyclic amines) is 1. The van der Waals surface area contributed by atoms with Crippen molar-refractivity contribution in [3.05, 3.63) is 62.6 Å². The molecule has 4 rings (SSSR count). The number of carbonyl (C=O) groups is 1. The topological polar surface area (TPSA) is 104 Å². The number of rotatable bonds is 2. The SMILES string of the molecule is Cc1ccc2[nH]cc(C(=O)N3CCC(n4cn[nH]c4=O)CC3)c(=O)c2c1. The van der Waals surface area contributed by atoms with Gasteiger partial charge in [0.15, 0.2) is 0 Å². The van der Waals surface area contributed by atoms with Gasteiger partial charge in [0, 0.05) is 36.2 Å². The first-order valence-electron chi connectivity index (χ1n) is 8.57. The van der Waals surface area contributed by atoms with Gasteiger partial charge in [0.1, 0.15) is 11.9 Å². The highest BCUT2D eigenvalue weighted by Crippen LogP contribution is 2.22. The summed E-state index contributed by atoms with van der Waals surface area (Å²) in [6.07, 6.45) is 4.28. The second-order valence-corrected chi connectivity index (χ2v) is 6.67. The van der Waals surface area contributed by atoms with Crippen molar-refractivity contribution in [3.8, 4) is 0 Å². The van der Waals surface area contributed by atoms with Gasteiger partial charge < -0.3 is 9.88 Å². The largest absolute Gasteiger partial charge is 0.360 e. The molecule has 3 aromatic rings. The molecule has 2 aromatic heterocycles. The highest BCUT2D eigenvalue weighted by atomic mass is 16.2. The number of aromatic amines is 2. The zero-order valence-electron chi connectivity index (χ0n) is 14.4. The van der Waals surface area contributed by atoms with Crippen LogP contribution in [0.15, 0.2) is 40.3 Å². The van der Waals surface area contributed by atoms with Crippen LogP contribution >= 0.6 is 0 Å². The first-order valence-corrected chi connectivity index (χ1v) is 8.57. The van der Waals surface area contributed by atoms with Crippen LogP contribution < -0.4 is 11.1 Å². The van der Waals surface area contributed by atoms with Crippen LogP contribution in [0.25, 0.3) is 10.9 Å². The van der Waals surface area contributed by atoms with Crippen molar-refractivity contribution in [1.82, 2.24) is 24.6 Å². The Kier molecular flexibility index (Phi) is 3.95. The van der Waals surface area contributed by atoms with E-state index in [4.69, 9.17) is 0 Å². The number of hydrogen-bond donors (Lipinski definition) is 2. The average molecular weight is 353 g/mol. The molecule has 8 nitrogen and oxygen atoms in total. The second kappa shape index (κ2) is 6.29. The van der Waals surface area contributed by atoms with E-state index < -0.39 is 0 Å². The lowest BCUT2D eigenvalue weighted by molar-refractivity contribution is 0.0692. The fourth-order valence-electron chi connectivity index (χ4n) is 3.53. The monoisotopic (exact) mass is 353 g/mol. The highest BCUT2D eigenvalue weighted by Gasteiger charge is 2.27. The number of H-pyrrole nitrogens is 2. The Morgan fingerprint density at radius 1 is 1.23 bits per heavy atom. The molecule has 0 spiro atoms. The molecule has 1 fully saturated rings. The average Bonchev–Trinajstić information content (AvgIpc) is 3.08. The lowest BCUT2D eigenvalue weighted by atomic mass is 10.0. The van der Waals surface area contributed by atoms with Gasteiger partial charge in [-0.05, 0) is 31.9 Å². The number of hydrogen-bond acceptors (Lipinski definition) is 4. The number of piperidine rings is 1. The quantitative estimate of drug-likeness (QED) is 0.722. The number of aryl methyl sites for hydroxylation is 1. The van der Waals surface area contributed by atoms with Gasteiger partial charge in [0.25, 0.3) is 5.91 Å². The van der Waals surface area contributed by atoms with E-state index in [9.17, 15) is 14.4 Å². The zero-order chi connectivity index (χ0) is 18.3. The van der Waals surface area contributed by atoms with E-state index in [0.29, 0.717) is 31.3 Å². The Morgan fingerprint density at radius 3 is 2.69 bits per heavy atom. The van der Waals surface area contributed by atoms with Gasteiger partial charge in [-0.3, -0.25) is 14.2 Å². The van der Waals surface area contributed by atoms with E-state index in [-0.39, 0.29) is 28.6 Å². The van der Waals surface area contributed by atoms with Crippen molar-refractivity contribution in [2.75, 3.05) is 13.1 Å². The molecule has 2 N–H and O–H groups in total. The molecule has 134 valence electrons. The molecule has 1 aliphatic heterocycles. The molecule has 26 heavy (non-hydrogen) atoms. The molecule has 8 heteroatoms. The van der Waals surface area contributed by atoms with Gasteiger partial charge in [-0.15, -0.1) is 0 Å². The number of amides is 1. The molecule has 1 amide bonds. The van der Waals surface area contributed by atoms with Crippen molar-refractivity contribution < 1.29 is 4.79 Å². The molecule has 0 bridgehead atoms. The van der Waals surface area contributed by atoms with E-state index >= 15 is 0 Å². The number of pyridine rings is 1. The third-order valence-electron chi connectivity index (χ3n) is 4.99. The van der Waals surface area contributed by atoms with E-state index in [0.717, 1.165) is 11.1 Å². The van der Waals surface area contributed by atoms with Gasteiger partial charge in [-0.2, -0.15) is 5.10 Å². The van der Waals surface area contributed by atoms with Crippen molar-refractivity contribution in [1.29, 1.82) is 0 Å². The van der Waals surface area contributed by atoms with Gasteiger partial charge in [0.05, 0.1) is 0 Å². The lowest BCUT2D eigenvalue weighted by Crippen LogP contribution is -2.41.